The Kier molecular flexibility index (Phi) is 5.42. The highest BCUT2D eigenvalue weighted by Crippen LogP contribution is 2.46. The van der Waals surface area contributed by atoms with E-state index in [1.165, 1.54) is 17.4 Å². The highest BCUT2D eigenvalue weighted by atomic mass is 19.4. The van der Waals surface area contributed by atoms with Crippen LogP contribution in [0.15, 0.2) is 24.3 Å². The van der Waals surface area contributed by atoms with Gasteiger partial charge in [-0.1, -0.05) is 24.3 Å². The zero-order valence-corrected chi connectivity index (χ0v) is 13.5. The first kappa shape index (κ1) is 20.6. The van der Waals surface area contributed by atoms with Crippen molar-refractivity contribution in [2.45, 2.75) is 37.3 Å². The van der Waals surface area contributed by atoms with Crippen molar-refractivity contribution in [3.63, 3.8) is 0 Å². The number of anilines is 1. The van der Waals surface area contributed by atoms with E-state index in [2.05, 4.69) is 20.6 Å². The molecule has 13 heteroatoms. The molecule has 148 valence electrons. The fraction of sp³-hybridized carbons (Fsp3) is 0.429. The third kappa shape index (κ3) is 3.85. The minimum absolute atomic E-state index is 0.329. The van der Waals surface area contributed by atoms with E-state index in [-0.39, 0.29) is 11.6 Å². The van der Waals surface area contributed by atoms with Crippen LogP contribution in [0.5, 0.6) is 0 Å². The molecule has 2 rings (SSSR count). The van der Waals surface area contributed by atoms with E-state index in [0.717, 1.165) is 12.1 Å². The second-order valence-corrected chi connectivity index (χ2v) is 5.45. The van der Waals surface area contributed by atoms with Crippen LogP contribution in [0.3, 0.4) is 0 Å². The fourth-order valence-electron chi connectivity index (χ4n) is 2.21. The number of hydrogen-bond donors (Lipinski definition) is 2. The fourth-order valence-corrected chi connectivity index (χ4v) is 2.21. The van der Waals surface area contributed by atoms with Gasteiger partial charge in [0.2, 0.25) is 0 Å². The maximum Gasteiger partial charge on any atom is 0.460 e. The normalized spacial score (nSPS) is 14.1. The number of amides is 1. The number of rotatable bonds is 6. The average Bonchev–Trinajstić information content (AvgIpc) is 3.10. The molecule has 6 nitrogen and oxygen atoms in total. The molecule has 1 aromatic carbocycles. The van der Waals surface area contributed by atoms with E-state index < -0.39 is 23.9 Å². The highest BCUT2D eigenvalue weighted by Gasteiger charge is 2.76. The quantitative estimate of drug-likeness (QED) is 0.729. The molecule has 0 aliphatic rings. The molecule has 1 atom stereocenters. The maximum atomic E-state index is 13.3. The van der Waals surface area contributed by atoms with Gasteiger partial charge in [0, 0.05) is 11.6 Å². The second kappa shape index (κ2) is 7.12. The van der Waals surface area contributed by atoms with E-state index in [0.29, 0.717) is 17.8 Å². The topological polar surface area (TPSA) is 83.6 Å². The van der Waals surface area contributed by atoms with Gasteiger partial charge in [0.25, 0.3) is 0 Å². The lowest BCUT2D eigenvalue weighted by Crippen LogP contribution is -2.57. The van der Waals surface area contributed by atoms with Gasteiger partial charge in [-0.25, -0.2) is 0 Å². The molecule has 0 radical (unpaired) electrons. The van der Waals surface area contributed by atoms with Crippen molar-refractivity contribution in [1.82, 2.24) is 20.6 Å². The summed E-state index contributed by atoms with van der Waals surface area (Å²) in [6.45, 7) is 1.80. The molecule has 1 aromatic heterocycles. The number of hydrogen-bond acceptors (Lipinski definition) is 4. The third-order valence-electron chi connectivity index (χ3n) is 3.69. The second-order valence-electron chi connectivity index (χ2n) is 5.45. The first-order chi connectivity index (χ1) is 12.4. The molecule has 0 aliphatic carbocycles. The predicted octanol–water partition coefficient (Wildman–Crippen LogP) is 3.51. The van der Waals surface area contributed by atoms with Crippen molar-refractivity contribution in [1.29, 1.82) is 0 Å². The van der Waals surface area contributed by atoms with Gasteiger partial charge >= 0.3 is 23.9 Å². The smallest absolute Gasteiger partial charge is 0.321 e. The lowest BCUT2D eigenvalue weighted by atomic mass is 9.95. The van der Waals surface area contributed by atoms with Gasteiger partial charge < -0.3 is 5.32 Å². The van der Waals surface area contributed by atoms with E-state index in [9.17, 15) is 35.5 Å². The third-order valence-corrected chi connectivity index (χ3v) is 3.69. The first-order valence-electron chi connectivity index (χ1n) is 7.39. The molecule has 0 spiro atoms. The van der Waals surface area contributed by atoms with Crippen LogP contribution in [-0.4, -0.2) is 44.6 Å². The summed E-state index contributed by atoms with van der Waals surface area (Å²) < 4.78 is 88.7. The highest BCUT2D eigenvalue weighted by molar-refractivity contribution is 5.97. The lowest BCUT2D eigenvalue weighted by molar-refractivity contribution is -0.343. The molecule has 0 bridgehead atoms. The van der Waals surface area contributed by atoms with Crippen LogP contribution in [0, 0.1) is 0 Å². The summed E-state index contributed by atoms with van der Waals surface area (Å²) in [5.41, 5.74) is 0.202. The van der Waals surface area contributed by atoms with Crippen molar-refractivity contribution in [3.05, 3.63) is 35.7 Å². The van der Waals surface area contributed by atoms with Crippen molar-refractivity contribution in [3.8, 4) is 0 Å². The van der Waals surface area contributed by atoms with Crippen molar-refractivity contribution < 1.29 is 35.5 Å². The van der Waals surface area contributed by atoms with Crippen LogP contribution in [0.1, 0.15) is 30.7 Å². The van der Waals surface area contributed by atoms with E-state index in [1.54, 1.807) is 6.92 Å². The Morgan fingerprint density at radius 3 is 2.15 bits per heavy atom. The number of carbonyl (C=O) groups excluding carboxylic acids is 1. The Labute approximate surface area is 147 Å². The van der Waals surface area contributed by atoms with Gasteiger partial charge in [-0.2, -0.15) is 35.9 Å². The Hall–Kier alpha value is -2.73. The number of nitrogens with zero attached hydrogens (tertiary/aromatic N) is 3. The molecular formula is C14H12F7N5O. The van der Waals surface area contributed by atoms with Gasteiger partial charge in [0.05, 0.1) is 0 Å². The molecular weight excluding hydrogens is 387 g/mol. The standard InChI is InChI=1S/C14H12F7N5O/c1-2-9(10-23-25-26-24-10)7-3-5-8(6-4-7)22-11(27)12(15,16)13(17,18)14(19,20)21/h3-6,9H,2H2,1H3,(H,22,27)(H,23,24,25,26). The number of tetrazole rings is 1. The summed E-state index contributed by atoms with van der Waals surface area (Å²) in [7, 11) is 0. The minimum atomic E-state index is -6.59. The molecule has 0 saturated heterocycles. The zero-order valence-electron chi connectivity index (χ0n) is 13.5. The van der Waals surface area contributed by atoms with Crippen LogP contribution in [0.4, 0.5) is 36.4 Å². The predicted molar refractivity (Wildman–Crippen MR) is 77.3 cm³/mol. The summed E-state index contributed by atoms with van der Waals surface area (Å²) in [4.78, 5) is 11.3. The number of nitrogens with one attached hydrogen (secondary N) is 2. The van der Waals surface area contributed by atoms with Crippen molar-refractivity contribution in [2.24, 2.45) is 0 Å². The molecule has 2 N–H and O–H groups in total. The summed E-state index contributed by atoms with van der Waals surface area (Å²) >= 11 is 0. The average molecular weight is 399 g/mol. The summed E-state index contributed by atoms with van der Waals surface area (Å²) in [6, 6.07) is 4.88. The summed E-state index contributed by atoms with van der Waals surface area (Å²) in [6.07, 6.45) is -6.06. The minimum Gasteiger partial charge on any atom is -0.321 e. The molecule has 2 aromatic rings. The van der Waals surface area contributed by atoms with Crippen molar-refractivity contribution in [2.75, 3.05) is 5.32 Å². The Bertz CT molecular complexity index is 774. The molecule has 0 aliphatic heterocycles. The molecule has 0 saturated carbocycles. The number of carbonyl (C=O) groups is 1. The molecule has 1 unspecified atom stereocenters. The van der Waals surface area contributed by atoms with Crippen LogP contribution in [-0.2, 0) is 4.79 Å². The van der Waals surface area contributed by atoms with E-state index in [1.807, 2.05) is 0 Å². The Morgan fingerprint density at radius 1 is 1.11 bits per heavy atom. The Balaban J connectivity index is 2.17. The van der Waals surface area contributed by atoms with Crippen LogP contribution in [0.2, 0.25) is 0 Å². The summed E-state index contributed by atoms with van der Waals surface area (Å²) in [5.74, 6) is -15.3. The summed E-state index contributed by atoms with van der Waals surface area (Å²) in [5, 5.41) is 14.6. The van der Waals surface area contributed by atoms with Gasteiger partial charge in [-0.15, -0.1) is 10.2 Å². The number of H-pyrrole nitrogens is 1. The van der Waals surface area contributed by atoms with Crippen LogP contribution >= 0.6 is 0 Å². The zero-order chi connectivity index (χ0) is 20.5. The largest absolute Gasteiger partial charge is 0.460 e. The number of alkyl halides is 7. The lowest BCUT2D eigenvalue weighted by Gasteiger charge is -2.27. The SMILES string of the molecule is CCC(c1ccc(NC(=O)C(F)(F)C(F)(F)C(F)(F)F)cc1)c1nn[nH]n1. The van der Waals surface area contributed by atoms with Gasteiger partial charge in [-0.3, -0.25) is 4.79 Å². The van der Waals surface area contributed by atoms with Gasteiger partial charge in [0.15, 0.2) is 5.82 Å². The Morgan fingerprint density at radius 2 is 1.70 bits per heavy atom. The number of aromatic nitrogens is 4. The number of aromatic amines is 1. The van der Waals surface area contributed by atoms with E-state index >= 15 is 0 Å². The number of halogens is 7. The van der Waals surface area contributed by atoms with Crippen molar-refractivity contribution >= 4 is 11.6 Å². The monoisotopic (exact) mass is 399 g/mol. The molecule has 1 amide bonds. The molecule has 27 heavy (non-hydrogen) atoms. The van der Waals surface area contributed by atoms with Gasteiger partial charge in [0.1, 0.15) is 0 Å². The first-order valence-corrected chi connectivity index (χ1v) is 7.39. The molecule has 0 fully saturated rings. The van der Waals surface area contributed by atoms with E-state index in [4.69, 9.17) is 0 Å². The number of benzene rings is 1. The van der Waals surface area contributed by atoms with Crippen LogP contribution < -0.4 is 5.32 Å². The van der Waals surface area contributed by atoms with Crippen LogP contribution in [0.25, 0.3) is 0 Å². The van der Waals surface area contributed by atoms with Gasteiger partial charge in [-0.05, 0) is 24.1 Å². The maximum absolute atomic E-state index is 13.3. The molecule has 1 heterocycles.